The van der Waals surface area contributed by atoms with Crippen LogP contribution in [-0.4, -0.2) is 83.1 Å². The molecule has 2 fully saturated rings. The van der Waals surface area contributed by atoms with E-state index in [0.717, 1.165) is 6.07 Å². The molecule has 6 rings (SSSR count). The van der Waals surface area contributed by atoms with Crippen LogP contribution in [0.15, 0.2) is 35.8 Å². The van der Waals surface area contributed by atoms with Gasteiger partial charge in [0.25, 0.3) is 5.56 Å². The first-order valence-electron chi connectivity index (χ1n) is 14.4. The molecule has 0 saturated carbocycles. The maximum Gasteiger partial charge on any atom is 0.271 e. The van der Waals surface area contributed by atoms with Crippen molar-refractivity contribution >= 4 is 45.8 Å². The van der Waals surface area contributed by atoms with E-state index in [2.05, 4.69) is 22.5 Å². The minimum Gasteiger partial charge on any atom is -0.488 e. The summed E-state index contributed by atoms with van der Waals surface area (Å²) in [4.78, 5) is 52.0. The predicted molar refractivity (Wildman–Crippen MR) is 165 cm³/mol. The Hall–Kier alpha value is -5.14. The molecule has 0 bridgehead atoms. The zero-order valence-electron chi connectivity index (χ0n) is 24.1. The number of halogens is 2. The number of piperazine rings is 1. The highest BCUT2D eigenvalue weighted by Gasteiger charge is 2.38. The quantitative estimate of drug-likeness (QED) is 0.324. The number of benzene rings is 1. The second-order valence-corrected chi connectivity index (χ2v) is 11.5. The zero-order chi connectivity index (χ0) is 32.0. The fraction of sp³-hybridized carbons (Fsp3) is 0.355. The number of nitrogen functional groups attached to an aromatic ring is 1. The van der Waals surface area contributed by atoms with Gasteiger partial charge in [0.1, 0.15) is 35.9 Å². The molecular formula is C31H28ClFN8O4. The van der Waals surface area contributed by atoms with Gasteiger partial charge in [-0.05, 0) is 24.6 Å². The Morgan fingerprint density at radius 1 is 1.31 bits per heavy atom. The van der Waals surface area contributed by atoms with Gasteiger partial charge in [-0.25, -0.2) is 15.9 Å². The maximum atomic E-state index is 15.3. The first-order chi connectivity index (χ1) is 21.7. The van der Waals surface area contributed by atoms with E-state index < -0.39 is 23.5 Å². The fourth-order valence-electron chi connectivity index (χ4n) is 6.61. The minimum absolute atomic E-state index is 0.00225. The molecule has 2 amide bonds. The van der Waals surface area contributed by atoms with Crippen LogP contribution >= 0.6 is 11.6 Å². The maximum absolute atomic E-state index is 15.3. The molecule has 5 heterocycles. The SMILES string of the molecule is [C-]#[N+]C[C@H]1CN(c2c(C#N)c(=O)n3c4c(c(-c5c(F)ccnc5N)c(Cl)cc24)OCC3CN2CCCC2=O)CCN1C(=O)C=C. The third-order valence-electron chi connectivity index (χ3n) is 8.61. The molecule has 2 saturated heterocycles. The van der Waals surface area contributed by atoms with Gasteiger partial charge in [-0.3, -0.25) is 19.0 Å². The van der Waals surface area contributed by atoms with E-state index >= 15 is 4.39 Å². The smallest absolute Gasteiger partial charge is 0.271 e. The van der Waals surface area contributed by atoms with E-state index in [0.29, 0.717) is 24.8 Å². The number of nitriles is 1. The van der Waals surface area contributed by atoms with Crippen LogP contribution in [0, 0.1) is 23.7 Å². The van der Waals surface area contributed by atoms with Gasteiger partial charge in [0.2, 0.25) is 18.4 Å². The molecule has 2 atom stereocenters. The van der Waals surface area contributed by atoms with Gasteiger partial charge in [0.05, 0.1) is 33.4 Å². The molecule has 3 aliphatic heterocycles. The molecule has 14 heteroatoms. The molecule has 2 aromatic heterocycles. The van der Waals surface area contributed by atoms with E-state index in [1.165, 1.54) is 16.8 Å². The average Bonchev–Trinajstić information content (AvgIpc) is 3.43. The lowest BCUT2D eigenvalue weighted by atomic mass is 9.97. The van der Waals surface area contributed by atoms with Crippen molar-refractivity contribution in [1.29, 1.82) is 5.26 Å². The summed E-state index contributed by atoms with van der Waals surface area (Å²) in [5.41, 5.74) is 5.91. The number of nitrogens with zero attached hydrogens (tertiary/aromatic N) is 7. The van der Waals surface area contributed by atoms with Crippen LogP contribution in [0.25, 0.3) is 26.9 Å². The van der Waals surface area contributed by atoms with Gasteiger partial charge >= 0.3 is 0 Å². The Kier molecular flexibility index (Phi) is 7.81. The Morgan fingerprint density at radius 2 is 2.11 bits per heavy atom. The van der Waals surface area contributed by atoms with Crippen LogP contribution in [0.1, 0.15) is 24.4 Å². The van der Waals surface area contributed by atoms with E-state index in [4.69, 9.17) is 28.6 Å². The zero-order valence-corrected chi connectivity index (χ0v) is 24.9. The largest absolute Gasteiger partial charge is 0.488 e. The number of aromatic nitrogens is 2. The van der Waals surface area contributed by atoms with Crippen LogP contribution < -0.4 is 20.9 Å². The fourth-order valence-corrected chi connectivity index (χ4v) is 6.90. The third kappa shape index (κ3) is 4.89. The van der Waals surface area contributed by atoms with Crippen molar-refractivity contribution in [1.82, 2.24) is 19.4 Å². The average molecular weight is 631 g/mol. The van der Waals surface area contributed by atoms with Gasteiger partial charge < -0.3 is 30.0 Å². The van der Waals surface area contributed by atoms with Crippen molar-refractivity contribution in [3.05, 3.63) is 69.2 Å². The summed E-state index contributed by atoms with van der Waals surface area (Å²) in [7, 11) is 0. The summed E-state index contributed by atoms with van der Waals surface area (Å²) in [6.07, 6.45) is 3.51. The molecule has 3 aliphatic rings. The van der Waals surface area contributed by atoms with E-state index in [1.54, 1.807) is 20.8 Å². The number of rotatable bonds is 6. The molecule has 1 unspecified atom stereocenters. The van der Waals surface area contributed by atoms with Gasteiger partial charge in [0, 0.05) is 50.7 Å². The highest BCUT2D eigenvalue weighted by Crippen LogP contribution is 2.49. The Bertz CT molecular complexity index is 1890. The lowest BCUT2D eigenvalue weighted by Crippen LogP contribution is -2.56. The molecule has 3 aromatic rings. The number of hydrogen-bond acceptors (Lipinski definition) is 8. The Morgan fingerprint density at radius 3 is 2.78 bits per heavy atom. The van der Waals surface area contributed by atoms with Crippen LogP contribution in [-0.2, 0) is 9.59 Å². The number of carbonyl (C=O) groups excluding carboxylic acids is 2. The van der Waals surface area contributed by atoms with Crippen LogP contribution in [0.5, 0.6) is 5.75 Å². The molecule has 1 aromatic carbocycles. The van der Waals surface area contributed by atoms with Crippen molar-refractivity contribution in [2.45, 2.75) is 24.9 Å². The highest BCUT2D eigenvalue weighted by atomic mass is 35.5. The molecular weight excluding hydrogens is 603 g/mol. The minimum atomic E-state index is -0.693. The number of hydrogen-bond donors (Lipinski definition) is 1. The van der Waals surface area contributed by atoms with Crippen LogP contribution in [0.3, 0.4) is 0 Å². The van der Waals surface area contributed by atoms with Crippen molar-refractivity contribution in [3.63, 3.8) is 0 Å². The number of ether oxygens (including phenoxy) is 1. The molecule has 0 aliphatic carbocycles. The Labute approximate surface area is 262 Å². The van der Waals surface area contributed by atoms with E-state index in [1.807, 2.05) is 0 Å². The van der Waals surface area contributed by atoms with Crippen molar-refractivity contribution in [3.8, 4) is 22.9 Å². The highest BCUT2D eigenvalue weighted by molar-refractivity contribution is 6.35. The summed E-state index contributed by atoms with van der Waals surface area (Å²) in [5, 5.41) is 10.9. The first kappa shape index (κ1) is 29.9. The number of nitrogens with two attached hydrogens (primary N) is 1. The summed E-state index contributed by atoms with van der Waals surface area (Å²) in [6, 6.07) is 3.58. The monoisotopic (exact) mass is 630 g/mol. The van der Waals surface area contributed by atoms with Gasteiger partial charge in [-0.2, -0.15) is 5.26 Å². The van der Waals surface area contributed by atoms with Gasteiger partial charge in [-0.15, -0.1) is 0 Å². The molecule has 2 N–H and O–H groups in total. The van der Waals surface area contributed by atoms with E-state index in [-0.39, 0.29) is 95.6 Å². The summed E-state index contributed by atoms with van der Waals surface area (Å²) < 4.78 is 23.0. The first-order valence-corrected chi connectivity index (χ1v) is 14.7. The topological polar surface area (TPSA) is 142 Å². The number of amides is 2. The van der Waals surface area contributed by atoms with Crippen molar-refractivity contribution in [2.75, 3.05) is 56.5 Å². The van der Waals surface area contributed by atoms with Crippen LogP contribution in [0.2, 0.25) is 5.02 Å². The lowest BCUT2D eigenvalue weighted by Gasteiger charge is -2.41. The number of pyridine rings is 2. The van der Waals surface area contributed by atoms with Crippen LogP contribution in [0.4, 0.5) is 15.9 Å². The molecule has 45 heavy (non-hydrogen) atoms. The lowest BCUT2D eigenvalue weighted by molar-refractivity contribution is -0.129. The number of anilines is 2. The second-order valence-electron chi connectivity index (χ2n) is 11.1. The normalized spacial score (nSPS) is 19.3. The summed E-state index contributed by atoms with van der Waals surface area (Å²) in [6.45, 7) is 12.3. The third-order valence-corrected chi connectivity index (χ3v) is 8.91. The molecule has 230 valence electrons. The number of likely N-dealkylation sites (tertiary alicyclic amines) is 1. The molecule has 0 radical (unpaired) electrons. The standard InChI is InChI=1S/C31H28ClFN8O4/c1-3-23(42)40-10-9-39(14-17(40)13-36-2)27-19-11-21(32)25(26-22(33)6-7-37-30(26)35)29-28(19)41(31(44)20(27)12-34)18(16-45-29)15-38-8-4-5-24(38)43/h3,6-7,11,17-18H,1,4-5,8-10,13-16H2,(H2,35,37)/t17-,18?/m0/s1. The predicted octanol–water partition coefficient (Wildman–Crippen LogP) is 2.99. The van der Waals surface area contributed by atoms with Gasteiger partial charge in [-0.1, -0.05) is 18.2 Å². The van der Waals surface area contributed by atoms with Crippen molar-refractivity contribution < 1.29 is 18.7 Å². The number of carbonyl (C=O) groups is 2. The molecule has 12 nitrogen and oxygen atoms in total. The molecule has 0 spiro atoms. The van der Waals surface area contributed by atoms with Crippen molar-refractivity contribution in [2.24, 2.45) is 0 Å². The van der Waals surface area contributed by atoms with Gasteiger partial charge in [0.15, 0.2) is 5.75 Å². The summed E-state index contributed by atoms with van der Waals surface area (Å²) in [5.74, 6) is -1.09. The Balaban J connectivity index is 1.62. The summed E-state index contributed by atoms with van der Waals surface area (Å²) >= 11 is 6.87. The van der Waals surface area contributed by atoms with E-state index in [9.17, 15) is 19.6 Å². The second kappa shape index (κ2) is 11.7.